The molecule has 0 spiro atoms. The highest BCUT2D eigenvalue weighted by Crippen LogP contribution is 2.46. The van der Waals surface area contributed by atoms with Crippen LogP contribution in [0.1, 0.15) is 82.6 Å². The number of hydrogen-bond donors (Lipinski definition) is 0. The fraction of sp³-hybridized carbons (Fsp3) is 0.571. The molecule has 1 radical (unpaired) electrons. The Bertz CT molecular complexity index is 980. The molecule has 0 unspecified atom stereocenters. The predicted octanol–water partition coefficient (Wildman–Crippen LogP) is 9.18. The van der Waals surface area contributed by atoms with Gasteiger partial charge in [-0.3, -0.25) is 0 Å². The average molecular weight is 496 g/mol. The summed E-state index contributed by atoms with van der Waals surface area (Å²) in [4.78, 5) is 0. The Hall–Kier alpha value is -2.31. The van der Waals surface area contributed by atoms with Crippen LogP contribution in [0.3, 0.4) is 0 Å². The number of benzene rings is 2. The lowest BCUT2D eigenvalue weighted by molar-refractivity contribution is -0.0522. The second-order valence-corrected chi connectivity index (χ2v) is 9.95. The third-order valence-electron chi connectivity index (χ3n) is 7.80. The zero-order valence-electron chi connectivity index (χ0n) is 20.0. The second-order valence-electron chi connectivity index (χ2n) is 9.95. The molecule has 0 aromatic heterocycles. The number of ether oxygens (including phenoxy) is 2. The van der Waals surface area contributed by atoms with Crippen molar-refractivity contribution in [2.45, 2.75) is 83.7 Å². The van der Waals surface area contributed by atoms with Crippen LogP contribution in [0.2, 0.25) is 0 Å². The van der Waals surface area contributed by atoms with Crippen molar-refractivity contribution in [2.24, 2.45) is 17.8 Å². The van der Waals surface area contributed by atoms with E-state index in [4.69, 9.17) is 4.74 Å². The van der Waals surface area contributed by atoms with Crippen LogP contribution in [0.4, 0.5) is 22.0 Å². The SMILES string of the molecule is CCC[C@H]1CC[C@H](C2CCC(c3c(F)c[c]c(Oc4ccc(OC(F)F)c(F)c4)c3F)CC2)CC1. The Kier molecular flexibility index (Phi) is 8.55. The van der Waals surface area contributed by atoms with Gasteiger partial charge in [-0.25, -0.2) is 13.2 Å². The van der Waals surface area contributed by atoms with E-state index in [0.717, 1.165) is 37.0 Å². The van der Waals surface area contributed by atoms with Gasteiger partial charge in [-0.1, -0.05) is 32.6 Å². The minimum Gasteiger partial charge on any atom is -0.453 e. The zero-order chi connectivity index (χ0) is 24.9. The van der Waals surface area contributed by atoms with Crippen LogP contribution in [0, 0.1) is 41.3 Å². The van der Waals surface area contributed by atoms with Crippen molar-refractivity contribution in [3.63, 3.8) is 0 Å². The first-order valence-corrected chi connectivity index (χ1v) is 12.7. The molecule has 0 bridgehead atoms. The number of alkyl halides is 2. The van der Waals surface area contributed by atoms with Crippen molar-refractivity contribution in [1.29, 1.82) is 0 Å². The summed E-state index contributed by atoms with van der Waals surface area (Å²) in [7, 11) is 0. The van der Waals surface area contributed by atoms with E-state index in [1.54, 1.807) is 0 Å². The lowest BCUT2D eigenvalue weighted by Gasteiger charge is -2.38. The van der Waals surface area contributed by atoms with Gasteiger partial charge in [0.1, 0.15) is 11.6 Å². The summed E-state index contributed by atoms with van der Waals surface area (Å²) in [5, 5.41) is 0. The summed E-state index contributed by atoms with van der Waals surface area (Å²) in [5.41, 5.74) is -0.0121. The summed E-state index contributed by atoms with van der Waals surface area (Å²) in [5.74, 6) is -1.77. The maximum Gasteiger partial charge on any atom is 0.387 e. The van der Waals surface area contributed by atoms with Crippen LogP contribution < -0.4 is 9.47 Å². The number of halogens is 5. The van der Waals surface area contributed by atoms with Crippen LogP contribution in [0.15, 0.2) is 24.3 Å². The summed E-state index contributed by atoms with van der Waals surface area (Å²) >= 11 is 0. The summed E-state index contributed by atoms with van der Waals surface area (Å²) in [6.07, 6.45) is 11.0. The largest absolute Gasteiger partial charge is 0.453 e. The van der Waals surface area contributed by atoms with Gasteiger partial charge < -0.3 is 9.47 Å². The number of rotatable bonds is 8. The maximum absolute atomic E-state index is 15.3. The molecule has 4 rings (SSSR count). The van der Waals surface area contributed by atoms with E-state index < -0.39 is 29.8 Å². The smallest absolute Gasteiger partial charge is 0.387 e. The van der Waals surface area contributed by atoms with Crippen molar-refractivity contribution in [1.82, 2.24) is 0 Å². The van der Waals surface area contributed by atoms with Crippen molar-refractivity contribution < 1.29 is 31.4 Å². The first kappa shape index (κ1) is 25.8. The minimum atomic E-state index is -3.17. The Labute approximate surface area is 203 Å². The normalized spacial score (nSPS) is 25.0. The zero-order valence-corrected chi connectivity index (χ0v) is 20.0. The summed E-state index contributed by atoms with van der Waals surface area (Å²) in [6, 6.07) is 6.43. The van der Waals surface area contributed by atoms with Crippen LogP contribution in [0.25, 0.3) is 0 Å². The molecular formula is C28H32F5O2. The summed E-state index contributed by atoms with van der Waals surface area (Å²) in [6.45, 7) is -0.934. The summed E-state index contributed by atoms with van der Waals surface area (Å²) < 4.78 is 78.1. The van der Waals surface area contributed by atoms with Gasteiger partial charge in [-0.15, -0.1) is 0 Å². The van der Waals surface area contributed by atoms with Gasteiger partial charge in [-0.2, -0.15) is 8.78 Å². The predicted molar refractivity (Wildman–Crippen MR) is 123 cm³/mol. The Balaban J connectivity index is 1.40. The molecule has 191 valence electrons. The quantitative estimate of drug-likeness (QED) is 0.340. The van der Waals surface area contributed by atoms with E-state index in [9.17, 15) is 17.6 Å². The standard InChI is InChI=1S/C28H32F5O2/c1-2-3-17-4-6-18(7-5-17)19-8-10-20(11-9-19)26-22(29)13-15-25(27(26)31)34-21-12-14-24(23(30)16-21)35-28(32)33/h12-14,16-20,28H,2-11H2,1H3/t17-,18-,19?,20?. The molecule has 2 nitrogen and oxygen atoms in total. The van der Waals surface area contributed by atoms with Crippen LogP contribution in [-0.2, 0) is 0 Å². The van der Waals surface area contributed by atoms with Gasteiger partial charge in [0.25, 0.3) is 0 Å². The van der Waals surface area contributed by atoms with Gasteiger partial charge in [-0.05, 0) is 80.4 Å². The first-order valence-electron chi connectivity index (χ1n) is 12.7. The molecular weight excluding hydrogens is 463 g/mol. The maximum atomic E-state index is 15.3. The molecule has 35 heavy (non-hydrogen) atoms. The van der Waals surface area contributed by atoms with Crippen LogP contribution in [0.5, 0.6) is 17.2 Å². The van der Waals surface area contributed by atoms with E-state index in [2.05, 4.69) is 17.7 Å². The molecule has 2 fully saturated rings. The molecule has 0 heterocycles. The van der Waals surface area contributed by atoms with Crippen molar-refractivity contribution in [3.05, 3.63) is 53.3 Å². The fourth-order valence-corrected chi connectivity index (χ4v) is 6.04. The van der Waals surface area contributed by atoms with E-state index in [0.29, 0.717) is 24.7 Å². The van der Waals surface area contributed by atoms with Crippen LogP contribution >= 0.6 is 0 Å². The Morgan fingerprint density at radius 2 is 1.57 bits per heavy atom. The molecule has 0 amide bonds. The molecule has 2 aromatic carbocycles. The molecule has 7 heteroatoms. The molecule has 0 aliphatic heterocycles. The molecule has 2 aliphatic rings. The minimum absolute atomic E-state index is 0.0121. The van der Waals surface area contributed by atoms with E-state index in [-0.39, 0.29) is 23.0 Å². The molecule has 0 N–H and O–H groups in total. The fourth-order valence-electron chi connectivity index (χ4n) is 6.04. The lowest BCUT2D eigenvalue weighted by Crippen LogP contribution is -2.26. The van der Waals surface area contributed by atoms with E-state index in [1.165, 1.54) is 44.6 Å². The van der Waals surface area contributed by atoms with E-state index in [1.807, 2.05) is 0 Å². The van der Waals surface area contributed by atoms with Crippen molar-refractivity contribution in [3.8, 4) is 17.2 Å². The lowest BCUT2D eigenvalue weighted by atomic mass is 9.68. The highest BCUT2D eigenvalue weighted by Gasteiger charge is 2.33. The van der Waals surface area contributed by atoms with E-state index >= 15 is 4.39 Å². The van der Waals surface area contributed by atoms with Crippen molar-refractivity contribution in [2.75, 3.05) is 0 Å². The number of hydrogen-bond acceptors (Lipinski definition) is 2. The van der Waals surface area contributed by atoms with Gasteiger partial charge in [0.05, 0.1) is 0 Å². The molecule has 2 saturated carbocycles. The third kappa shape index (κ3) is 6.28. The third-order valence-corrected chi connectivity index (χ3v) is 7.80. The molecule has 0 atom stereocenters. The van der Waals surface area contributed by atoms with Gasteiger partial charge in [0, 0.05) is 17.7 Å². The Morgan fingerprint density at radius 1 is 0.914 bits per heavy atom. The molecule has 2 aromatic rings. The second kappa shape index (κ2) is 11.6. The van der Waals surface area contributed by atoms with Gasteiger partial charge in [0.2, 0.25) is 0 Å². The molecule has 0 saturated heterocycles. The highest BCUT2D eigenvalue weighted by molar-refractivity contribution is 5.39. The first-order chi connectivity index (χ1) is 16.9. The van der Waals surface area contributed by atoms with Crippen molar-refractivity contribution >= 4 is 0 Å². The topological polar surface area (TPSA) is 18.5 Å². The van der Waals surface area contributed by atoms with Crippen LogP contribution in [-0.4, -0.2) is 6.61 Å². The highest BCUT2D eigenvalue weighted by atomic mass is 19.3. The van der Waals surface area contributed by atoms with Gasteiger partial charge >= 0.3 is 6.61 Å². The Morgan fingerprint density at radius 3 is 2.17 bits per heavy atom. The molecule has 2 aliphatic carbocycles. The monoisotopic (exact) mass is 495 g/mol. The average Bonchev–Trinajstić information content (AvgIpc) is 2.84. The van der Waals surface area contributed by atoms with Gasteiger partial charge in [0.15, 0.2) is 23.1 Å².